The van der Waals surface area contributed by atoms with Crippen molar-refractivity contribution >= 4 is 22.5 Å². The van der Waals surface area contributed by atoms with Crippen molar-refractivity contribution in [2.45, 2.75) is 24.7 Å². The topological polar surface area (TPSA) is 86.5 Å². The van der Waals surface area contributed by atoms with Gasteiger partial charge in [-0.2, -0.15) is 0 Å². The highest BCUT2D eigenvalue weighted by atomic mass is 32.2. The lowest BCUT2D eigenvalue weighted by atomic mass is 10.3. The van der Waals surface area contributed by atoms with Crippen molar-refractivity contribution in [3.8, 4) is 0 Å². The van der Waals surface area contributed by atoms with Gasteiger partial charge in [-0.1, -0.05) is 25.5 Å². The average molecular weight is 285 g/mol. The van der Waals surface area contributed by atoms with Crippen LogP contribution in [-0.2, 0) is 20.3 Å². The number of nitro benzene ring substituents is 1. The lowest BCUT2D eigenvalue weighted by Gasteiger charge is -2.04. The number of nitrogens with zero attached hydrogens (tertiary/aromatic N) is 1. The zero-order valence-corrected chi connectivity index (χ0v) is 11.4. The fourth-order valence-electron chi connectivity index (χ4n) is 1.36. The van der Waals surface area contributed by atoms with E-state index < -0.39 is 21.7 Å². The van der Waals surface area contributed by atoms with Crippen molar-refractivity contribution in [2.24, 2.45) is 0 Å². The first-order valence-corrected chi connectivity index (χ1v) is 7.15. The third kappa shape index (κ3) is 4.78. The van der Waals surface area contributed by atoms with E-state index in [1.54, 1.807) is 6.07 Å². The van der Waals surface area contributed by atoms with Crippen LogP contribution in [0.5, 0.6) is 0 Å². The molecule has 0 spiro atoms. The molecule has 0 radical (unpaired) electrons. The average Bonchev–Trinajstić information content (AvgIpc) is 2.39. The number of unbranched alkanes of at least 4 members (excludes halogenated alkanes) is 1. The summed E-state index contributed by atoms with van der Waals surface area (Å²) < 4.78 is 16.8. The van der Waals surface area contributed by atoms with Gasteiger partial charge < -0.3 is 4.74 Å². The van der Waals surface area contributed by atoms with Crippen molar-refractivity contribution < 1.29 is 18.7 Å². The number of para-hydroxylation sites is 1. The first kappa shape index (κ1) is 15.3. The van der Waals surface area contributed by atoms with Gasteiger partial charge in [-0.25, -0.2) is 0 Å². The molecule has 0 saturated heterocycles. The van der Waals surface area contributed by atoms with Crippen LogP contribution in [0.25, 0.3) is 0 Å². The largest absolute Gasteiger partial charge is 0.465 e. The van der Waals surface area contributed by atoms with Gasteiger partial charge in [0.05, 0.1) is 22.3 Å². The van der Waals surface area contributed by atoms with Crippen LogP contribution in [0, 0.1) is 10.1 Å². The minimum absolute atomic E-state index is 0.0416. The van der Waals surface area contributed by atoms with Gasteiger partial charge in [0.2, 0.25) is 0 Å². The van der Waals surface area contributed by atoms with E-state index in [2.05, 4.69) is 0 Å². The van der Waals surface area contributed by atoms with Crippen molar-refractivity contribution in [2.75, 3.05) is 12.4 Å². The molecule has 0 fully saturated rings. The summed E-state index contributed by atoms with van der Waals surface area (Å²) in [7, 11) is -1.77. The van der Waals surface area contributed by atoms with Crippen LogP contribution < -0.4 is 0 Å². The van der Waals surface area contributed by atoms with Gasteiger partial charge in [0.15, 0.2) is 0 Å². The summed E-state index contributed by atoms with van der Waals surface area (Å²) >= 11 is 0. The minimum atomic E-state index is -1.77. The Balaban J connectivity index is 2.68. The molecule has 1 aromatic rings. The molecule has 0 bridgehead atoms. The Hall–Kier alpha value is -1.76. The predicted octanol–water partition coefficient (Wildman–Crippen LogP) is 2.05. The maximum absolute atomic E-state index is 11.9. The third-order valence-electron chi connectivity index (χ3n) is 2.32. The Morgan fingerprint density at radius 3 is 2.74 bits per heavy atom. The van der Waals surface area contributed by atoms with Gasteiger partial charge in [-0.05, 0) is 12.5 Å². The Bertz CT molecular complexity index is 489. The van der Waals surface area contributed by atoms with E-state index in [1.807, 2.05) is 6.92 Å². The number of rotatable bonds is 7. The second-order valence-electron chi connectivity index (χ2n) is 3.79. The van der Waals surface area contributed by atoms with Crippen LogP contribution in [0.1, 0.15) is 19.8 Å². The van der Waals surface area contributed by atoms with Crippen molar-refractivity contribution in [1.82, 2.24) is 0 Å². The van der Waals surface area contributed by atoms with Gasteiger partial charge in [-0.15, -0.1) is 0 Å². The smallest absolute Gasteiger partial charge is 0.318 e. The zero-order chi connectivity index (χ0) is 14.3. The number of carbonyl (C=O) groups excluding carboxylic acids is 1. The van der Waals surface area contributed by atoms with Gasteiger partial charge in [0, 0.05) is 6.07 Å². The normalized spacial score (nSPS) is 11.8. The van der Waals surface area contributed by atoms with E-state index in [9.17, 15) is 19.1 Å². The Labute approximate surface area is 113 Å². The first-order chi connectivity index (χ1) is 9.06. The predicted molar refractivity (Wildman–Crippen MR) is 70.2 cm³/mol. The third-order valence-corrected chi connectivity index (χ3v) is 3.65. The van der Waals surface area contributed by atoms with Gasteiger partial charge in [0.25, 0.3) is 5.69 Å². The summed E-state index contributed by atoms with van der Waals surface area (Å²) in [6.07, 6.45) is 1.63. The molecule has 0 heterocycles. The monoisotopic (exact) mass is 285 g/mol. The quantitative estimate of drug-likeness (QED) is 0.331. The molecule has 1 aromatic carbocycles. The zero-order valence-electron chi connectivity index (χ0n) is 10.5. The molecule has 0 aromatic heterocycles. The summed E-state index contributed by atoms with van der Waals surface area (Å²) in [6, 6.07) is 5.67. The van der Waals surface area contributed by atoms with Crippen LogP contribution >= 0.6 is 0 Å². The molecule has 19 heavy (non-hydrogen) atoms. The molecule has 0 saturated carbocycles. The van der Waals surface area contributed by atoms with Crippen LogP contribution in [0.3, 0.4) is 0 Å². The molecule has 1 atom stereocenters. The maximum Gasteiger partial charge on any atom is 0.318 e. The Morgan fingerprint density at radius 2 is 2.11 bits per heavy atom. The van der Waals surface area contributed by atoms with E-state index in [1.165, 1.54) is 18.2 Å². The first-order valence-electron chi connectivity index (χ1n) is 5.83. The van der Waals surface area contributed by atoms with Crippen molar-refractivity contribution in [1.29, 1.82) is 0 Å². The van der Waals surface area contributed by atoms with E-state index in [0.29, 0.717) is 0 Å². The molecule has 6 nitrogen and oxygen atoms in total. The van der Waals surface area contributed by atoms with Crippen LogP contribution in [0.4, 0.5) is 5.69 Å². The summed E-state index contributed by atoms with van der Waals surface area (Å²) in [5, 5.41) is 10.8. The number of carbonyl (C=O) groups is 1. The van der Waals surface area contributed by atoms with Crippen molar-refractivity contribution in [3.63, 3.8) is 0 Å². The lowest BCUT2D eigenvalue weighted by Crippen LogP contribution is -2.15. The maximum atomic E-state index is 11.9. The molecule has 0 aliphatic heterocycles. The fraction of sp³-hybridized carbons (Fsp3) is 0.417. The van der Waals surface area contributed by atoms with Crippen LogP contribution in [-0.4, -0.2) is 27.5 Å². The molecule has 0 amide bonds. The Morgan fingerprint density at radius 1 is 1.42 bits per heavy atom. The van der Waals surface area contributed by atoms with E-state index >= 15 is 0 Å². The van der Waals surface area contributed by atoms with E-state index in [4.69, 9.17) is 4.74 Å². The number of hydrogen-bond donors (Lipinski definition) is 0. The van der Waals surface area contributed by atoms with Crippen molar-refractivity contribution in [3.05, 3.63) is 34.4 Å². The molecule has 0 N–H and O–H groups in total. The molecule has 0 aliphatic rings. The fourth-order valence-corrected chi connectivity index (χ4v) is 2.42. The van der Waals surface area contributed by atoms with Gasteiger partial charge in [-0.3, -0.25) is 19.1 Å². The number of hydrogen-bond acceptors (Lipinski definition) is 5. The van der Waals surface area contributed by atoms with Crippen LogP contribution in [0.15, 0.2) is 29.2 Å². The molecular formula is C12H15NO5S. The molecule has 1 rings (SSSR count). The standard InChI is InChI=1S/C12H15NO5S/c1-2-3-8-18-12(14)9-19(17)11-7-5-4-6-10(11)13(15)16/h4-7H,2-3,8-9H2,1H3/t19-/m0/s1. The molecule has 104 valence electrons. The molecular weight excluding hydrogens is 270 g/mol. The van der Waals surface area contributed by atoms with E-state index in [-0.39, 0.29) is 22.9 Å². The summed E-state index contributed by atoms with van der Waals surface area (Å²) in [4.78, 5) is 21.6. The molecule has 7 heteroatoms. The number of nitro groups is 1. The summed E-state index contributed by atoms with van der Waals surface area (Å²) in [6.45, 7) is 2.24. The minimum Gasteiger partial charge on any atom is -0.465 e. The second kappa shape index (κ2) is 7.63. The van der Waals surface area contributed by atoms with Crippen LogP contribution in [0.2, 0.25) is 0 Å². The highest BCUT2D eigenvalue weighted by molar-refractivity contribution is 7.85. The number of esters is 1. The summed E-state index contributed by atoms with van der Waals surface area (Å²) in [5.41, 5.74) is -0.248. The second-order valence-corrected chi connectivity index (χ2v) is 5.21. The molecule has 0 unspecified atom stereocenters. The number of ether oxygens (including phenoxy) is 1. The molecule has 0 aliphatic carbocycles. The Kier molecular flexibility index (Phi) is 6.14. The van der Waals surface area contributed by atoms with Gasteiger partial charge >= 0.3 is 5.97 Å². The lowest BCUT2D eigenvalue weighted by molar-refractivity contribution is -0.387. The van der Waals surface area contributed by atoms with Gasteiger partial charge in [0.1, 0.15) is 10.6 Å². The SMILES string of the molecule is CCCCOC(=O)C[S@](=O)c1ccccc1[N+](=O)[O-]. The summed E-state index contributed by atoms with van der Waals surface area (Å²) in [5.74, 6) is -0.973. The highest BCUT2D eigenvalue weighted by Crippen LogP contribution is 2.21. The highest BCUT2D eigenvalue weighted by Gasteiger charge is 2.20. The number of benzene rings is 1. The van der Waals surface area contributed by atoms with E-state index in [0.717, 1.165) is 12.8 Å².